The summed E-state index contributed by atoms with van der Waals surface area (Å²) < 4.78 is 24.0. The fraction of sp³-hybridized carbons (Fsp3) is 0.867. The molecule has 3 N–H and O–H groups in total. The zero-order valence-corrected chi connectivity index (χ0v) is 14.9. The predicted octanol–water partition coefficient (Wildman–Crippen LogP) is -0.0967. The van der Waals surface area contributed by atoms with E-state index in [0.29, 0.717) is 13.1 Å². The number of carbonyl (C=O) groups excluding carboxylic acids is 2. The number of rotatable bonds is 8. The minimum atomic E-state index is -3.39. The lowest BCUT2D eigenvalue weighted by atomic mass is 10.0. The molecule has 23 heavy (non-hydrogen) atoms. The van der Waals surface area contributed by atoms with Crippen molar-refractivity contribution < 1.29 is 18.0 Å². The first-order chi connectivity index (χ1) is 10.7. The molecule has 0 aromatic carbocycles. The highest BCUT2D eigenvalue weighted by atomic mass is 32.2. The lowest BCUT2D eigenvalue weighted by molar-refractivity contribution is -0.132. The van der Waals surface area contributed by atoms with Crippen molar-refractivity contribution in [2.24, 2.45) is 11.7 Å². The molecule has 0 saturated carbocycles. The third-order valence-corrected chi connectivity index (χ3v) is 5.65. The first-order valence-electron chi connectivity index (χ1n) is 8.22. The molecule has 1 atom stereocenters. The van der Waals surface area contributed by atoms with Gasteiger partial charge in [-0.3, -0.25) is 9.59 Å². The summed E-state index contributed by atoms with van der Waals surface area (Å²) in [5, 5.41) is 2.77. The second kappa shape index (κ2) is 9.22. The number of hydrogen-bond acceptors (Lipinski definition) is 5. The fourth-order valence-electron chi connectivity index (χ4n) is 2.83. The van der Waals surface area contributed by atoms with E-state index in [1.165, 1.54) is 0 Å². The van der Waals surface area contributed by atoms with Gasteiger partial charge in [0.05, 0.1) is 5.75 Å². The third kappa shape index (κ3) is 7.30. The second-order valence-electron chi connectivity index (χ2n) is 6.53. The van der Waals surface area contributed by atoms with Crippen molar-refractivity contribution in [1.82, 2.24) is 10.2 Å². The van der Waals surface area contributed by atoms with Gasteiger partial charge in [0, 0.05) is 32.1 Å². The van der Waals surface area contributed by atoms with Crippen LogP contribution in [0, 0.1) is 5.92 Å². The van der Waals surface area contributed by atoms with Gasteiger partial charge < -0.3 is 16.0 Å². The third-order valence-electron chi connectivity index (χ3n) is 3.78. The van der Waals surface area contributed by atoms with E-state index >= 15 is 0 Å². The van der Waals surface area contributed by atoms with Gasteiger partial charge in [-0.1, -0.05) is 13.8 Å². The van der Waals surface area contributed by atoms with Crippen molar-refractivity contribution in [2.45, 2.75) is 45.6 Å². The molecule has 1 saturated heterocycles. The molecule has 1 fully saturated rings. The molecule has 1 heterocycles. The van der Waals surface area contributed by atoms with Gasteiger partial charge in [-0.05, 0) is 25.2 Å². The highest BCUT2D eigenvalue weighted by molar-refractivity contribution is 7.92. The summed E-state index contributed by atoms with van der Waals surface area (Å²) in [6.07, 6.45) is 2.87. The molecule has 0 radical (unpaired) electrons. The molecule has 2 amide bonds. The Morgan fingerprint density at radius 1 is 1.30 bits per heavy atom. The molecule has 0 aliphatic carbocycles. The van der Waals surface area contributed by atoms with Crippen molar-refractivity contribution in [2.75, 3.05) is 31.1 Å². The van der Waals surface area contributed by atoms with E-state index in [-0.39, 0.29) is 42.5 Å². The van der Waals surface area contributed by atoms with E-state index in [1.807, 2.05) is 13.8 Å². The minimum absolute atomic E-state index is 0.000466. The number of nitrogens with one attached hydrogen (secondary N) is 1. The quantitative estimate of drug-likeness (QED) is 0.637. The molecule has 0 spiro atoms. The maximum absolute atomic E-state index is 12.4. The highest BCUT2D eigenvalue weighted by Gasteiger charge is 2.30. The second-order valence-corrected chi connectivity index (χ2v) is 8.64. The summed E-state index contributed by atoms with van der Waals surface area (Å²) in [6.45, 7) is 4.83. The molecular formula is C15H29N3O4S. The Labute approximate surface area is 138 Å². The number of carbonyl (C=O) groups is 2. The molecule has 0 bridgehead atoms. The molecule has 0 aromatic heterocycles. The number of sulfone groups is 1. The van der Waals surface area contributed by atoms with E-state index in [4.69, 9.17) is 5.73 Å². The Morgan fingerprint density at radius 3 is 2.61 bits per heavy atom. The first-order valence-corrected chi connectivity index (χ1v) is 10.0. The summed E-state index contributed by atoms with van der Waals surface area (Å²) in [7, 11) is -3.39. The largest absolute Gasteiger partial charge is 0.354 e. The number of piperidine rings is 1. The van der Waals surface area contributed by atoms with Crippen molar-refractivity contribution in [3.05, 3.63) is 0 Å². The molecule has 1 aliphatic rings. The number of amides is 2. The monoisotopic (exact) mass is 347 g/mol. The topological polar surface area (TPSA) is 110 Å². The van der Waals surface area contributed by atoms with Gasteiger partial charge in [-0.2, -0.15) is 0 Å². The SMILES string of the molecule is CC(C)CS(=O)(=O)CC(=O)N1CCCCC1CNC(=O)CCN. The number of nitrogens with zero attached hydrogens (tertiary/aromatic N) is 1. The van der Waals surface area contributed by atoms with Crippen LogP contribution in [-0.4, -0.2) is 62.3 Å². The van der Waals surface area contributed by atoms with Crippen LogP contribution < -0.4 is 11.1 Å². The highest BCUT2D eigenvalue weighted by Crippen LogP contribution is 2.17. The van der Waals surface area contributed by atoms with E-state index in [0.717, 1.165) is 19.3 Å². The summed E-state index contributed by atoms with van der Waals surface area (Å²) in [5.74, 6) is -0.926. The van der Waals surface area contributed by atoms with Crippen molar-refractivity contribution in [3.8, 4) is 0 Å². The van der Waals surface area contributed by atoms with Crippen LogP contribution in [0.4, 0.5) is 0 Å². The summed E-state index contributed by atoms with van der Waals surface area (Å²) in [6, 6.07) is -0.132. The zero-order chi connectivity index (χ0) is 17.5. The van der Waals surface area contributed by atoms with E-state index < -0.39 is 15.6 Å². The summed E-state index contributed by atoms with van der Waals surface area (Å²) in [5.41, 5.74) is 5.33. The average Bonchev–Trinajstić information content (AvgIpc) is 2.43. The Hall–Kier alpha value is -1.15. The summed E-state index contributed by atoms with van der Waals surface area (Å²) >= 11 is 0. The van der Waals surface area contributed by atoms with Crippen LogP contribution in [0.1, 0.15) is 39.5 Å². The van der Waals surface area contributed by atoms with Crippen LogP contribution in [-0.2, 0) is 19.4 Å². The van der Waals surface area contributed by atoms with Crippen LogP contribution in [0.25, 0.3) is 0 Å². The predicted molar refractivity (Wildman–Crippen MR) is 89.5 cm³/mol. The maximum Gasteiger partial charge on any atom is 0.238 e. The molecule has 0 aromatic rings. The van der Waals surface area contributed by atoms with Crippen LogP contribution in [0.3, 0.4) is 0 Å². The zero-order valence-electron chi connectivity index (χ0n) is 14.1. The minimum Gasteiger partial charge on any atom is -0.354 e. The smallest absolute Gasteiger partial charge is 0.238 e. The molecule has 7 nitrogen and oxygen atoms in total. The Bertz CT molecular complexity index is 505. The van der Waals surface area contributed by atoms with Crippen LogP contribution >= 0.6 is 0 Å². The molecule has 1 aliphatic heterocycles. The number of nitrogens with two attached hydrogens (primary N) is 1. The van der Waals surface area contributed by atoms with E-state index in [9.17, 15) is 18.0 Å². The van der Waals surface area contributed by atoms with Crippen LogP contribution in [0.5, 0.6) is 0 Å². The normalized spacial score (nSPS) is 19.0. The summed E-state index contributed by atoms with van der Waals surface area (Å²) in [4.78, 5) is 25.5. The van der Waals surface area contributed by atoms with Gasteiger partial charge >= 0.3 is 0 Å². The van der Waals surface area contributed by atoms with Crippen molar-refractivity contribution in [3.63, 3.8) is 0 Å². The van der Waals surface area contributed by atoms with Gasteiger partial charge in [0.15, 0.2) is 9.84 Å². The number of hydrogen-bond donors (Lipinski definition) is 2. The Morgan fingerprint density at radius 2 is 2.00 bits per heavy atom. The van der Waals surface area contributed by atoms with Crippen LogP contribution in [0.15, 0.2) is 0 Å². The van der Waals surface area contributed by atoms with Gasteiger partial charge in [-0.25, -0.2) is 8.42 Å². The van der Waals surface area contributed by atoms with Crippen LogP contribution in [0.2, 0.25) is 0 Å². The average molecular weight is 347 g/mol. The number of likely N-dealkylation sites (tertiary alicyclic amines) is 1. The molecular weight excluding hydrogens is 318 g/mol. The fourth-order valence-corrected chi connectivity index (χ4v) is 4.51. The molecule has 1 rings (SSSR count). The standard InChI is InChI=1S/C15H29N3O4S/c1-12(2)10-23(21,22)11-15(20)18-8-4-3-5-13(18)9-17-14(19)6-7-16/h12-13H,3-11,16H2,1-2H3,(H,17,19). The molecule has 8 heteroatoms. The van der Waals surface area contributed by atoms with E-state index in [1.54, 1.807) is 4.90 Å². The molecule has 1 unspecified atom stereocenters. The van der Waals surface area contributed by atoms with Gasteiger partial charge in [0.1, 0.15) is 5.75 Å². The lowest BCUT2D eigenvalue weighted by Crippen LogP contribution is -2.51. The first kappa shape index (κ1) is 19.9. The Balaban J connectivity index is 2.62. The van der Waals surface area contributed by atoms with Gasteiger partial charge in [0.25, 0.3) is 0 Å². The van der Waals surface area contributed by atoms with Crippen molar-refractivity contribution in [1.29, 1.82) is 0 Å². The van der Waals surface area contributed by atoms with Crippen molar-refractivity contribution >= 4 is 21.7 Å². The Kier molecular flexibility index (Phi) is 7.98. The molecule has 134 valence electrons. The van der Waals surface area contributed by atoms with E-state index in [2.05, 4.69) is 5.32 Å². The van der Waals surface area contributed by atoms with Gasteiger partial charge in [0.2, 0.25) is 11.8 Å². The van der Waals surface area contributed by atoms with Gasteiger partial charge in [-0.15, -0.1) is 0 Å². The maximum atomic E-state index is 12.4. The lowest BCUT2D eigenvalue weighted by Gasteiger charge is -2.36.